The van der Waals surface area contributed by atoms with Crippen LogP contribution in [0.3, 0.4) is 0 Å². The second-order valence-electron chi connectivity index (χ2n) is 3.36. The highest BCUT2D eigenvalue weighted by Crippen LogP contribution is 2.20. The Hall–Kier alpha value is -0.910. The van der Waals surface area contributed by atoms with Crippen LogP contribution in [-0.4, -0.2) is 35.4 Å². The van der Waals surface area contributed by atoms with Crippen LogP contribution >= 0.6 is 11.3 Å². The highest BCUT2D eigenvalue weighted by atomic mass is 32.1. The van der Waals surface area contributed by atoms with E-state index >= 15 is 0 Å². The van der Waals surface area contributed by atoms with E-state index in [9.17, 15) is 4.79 Å². The number of aryl methyl sites for hydroxylation is 2. The molecule has 0 atom stereocenters. The van der Waals surface area contributed by atoms with Crippen LogP contribution in [0, 0.1) is 13.8 Å². The Labute approximate surface area is 92.6 Å². The Morgan fingerprint density at radius 3 is 2.47 bits per heavy atom. The molecule has 0 aliphatic rings. The number of hydrogen-bond donors (Lipinski definition) is 3. The molecule has 0 spiro atoms. The molecule has 0 saturated carbocycles. The number of aliphatic hydroxyl groups is 2. The van der Waals surface area contributed by atoms with Crippen molar-refractivity contribution in [1.29, 1.82) is 0 Å². The van der Waals surface area contributed by atoms with Gasteiger partial charge in [0.15, 0.2) is 0 Å². The number of nitrogens with one attached hydrogen (secondary N) is 1. The van der Waals surface area contributed by atoms with Crippen molar-refractivity contribution < 1.29 is 15.0 Å². The van der Waals surface area contributed by atoms with E-state index in [0.29, 0.717) is 5.56 Å². The maximum Gasteiger partial charge on any atom is 0.252 e. The van der Waals surface area contributed by atoms with Gasteiger partial charge in [-0.2, -0.15) is 0 Å². The van der Waals surface area contributed by atoms with E-state index in [0.717, 1.165) is 9.75 Å². The van der Waals surface area contributed by atoms with E-state index in [1.54, 1.807) is 17.4 Å². The first-order valence-corrected chi connectivity index (χ1v) is 5.49. The van der Waals surface area contributed by atoms with Crippen LogP contribution in [-0.2, 0) is 0 Å². The van der Waals surface area contributed by atoms with Crippen molar-refractivity contribution in [2.75, 3.05) is 13.2 Å². The zero-order valence-corrected chi connectivity index (χ0v) is 9.60. The Morgan fingerprint density at radius 1 is 1.47 bits per heavy atom. The molecule has 5 heteroatoms. The van der Waals surface area contributed by atoms with Gasteiger partial charge in [-0.1, -0.05) is 0 Å². The fraction of sp³-hybridized carbons (Fsp3) is 0.500. The van der Waals surface area contributed by atoms with Gasteiger partial charge in [-0.05, 0) is 19.9 Å². The summed E-state index contributed by atoms with van der Waals surface area (Å²) in [4.78, 5) is 13.7. The molecule has 0 aliphatic carbocycles. The summed E-state index contributed by atoms with van der Waals surface area (Å²) < 4.78 is 0. The third kappa shape index (κ3) is 3.02. The van der Waals surface area contributed by atoms with E-state index in [-0.39, 0.29) is 19.1 Å². The molecule has 84 valence electrons. The maximum atomic E-state index is 11.7. The first-order valence-electron chi connectivity index (χ1n) is 4.68. The van der Waals surface area contributed by atoms with Crippen molar-refractivity contribution in [2.45, 2.75) is 19.9 Å². The van der Waals surface area contributed by atoms with Crippen molar-refractivity contribution in [3.63, 3.8) is 0 Å². The van der Waals surface area contributed by atoms with Gasteiger partial charge in [-0.15, -0.1) is 11.3 Å². The minimum absolute atomic E-state index is 0.245. The number of amides is 1. The Balaban J connectivity index is 2.72. The third-order valence-electron chi connectivity index (χ3n) is 2.06. The lowest BCUT2D eigenvalue weighted by molar-refractivity contribution is 0.0879. The van der Waals surface area contributed by atoms with Crippen molar-refractivity contribution >= 4 is 17.2 Å². The third-order valence-corrected chi connectivity index (χ3v) is 3.03. The van der Waals surface area contributed by atoms with E-state index in [2.05, 4.69) is 5.32 Å². The highest BCUT2D eigenvalue weighted by Gasteiger charge is 2.15. The topological polar surface area (TPSA) is 69.6 Å². The molecule has 3 N–H and O–H groups in total. The van der Waals surface area contributed by atoms with Gasteiger partial charge < -0.3 is 15.5 Å². The molecule has 0 aliphatic heterocycles. The molecule has 0 fully saturated rings. The molecule has 15 heavy (non-hydrogen) atoms. The average molecular weight is 229 g/mol. The minimum atomic E-state index is -0.586. The predicted molar refractivity (Wildman–Crippen MR) is 59.2 cm³/mol. The largest absolute Gasteiger partial charge is 0.394 e. The summed E-state index contributed by atoms with van der Waals surface area (Å²) in [5.41, 5.74) is 0.615. The summed E-state index contributed by atoms with van der Waals surface area (Å²) in [6.07, 6.45) is 0. The van der Waals surface area contributed by atoms with E-state index in [1.165, 1.54) is 0 Å². The number of rotatable bonds is 4. The maximum absolute atomic E-state index is 11.7. The quantitative estimate of drug-likeness (QED) is 0.702. The van der Waals surface area contributed by atoms with Crippen LogP contribution in [0.25, 0.3) is 0 Å². The van der Waals surface area contributed by atoms with Gasteiger partial charge in [0, 0.05) is 9.75 Å². The fourth-order valence-corrected chi connectivity index (χ4v) is 2.19. The molecule has 0 aromatic carbocycles. The summed E-state index contributed by atoms with van der Waals surface area (Å²) in [6.45, 7) is 3.29. The van der Waals surface area contributed by atoms with E-state index in [4.69, 9.17) is 10.2 Å². The number of carbonyl (C=O) groups is 1. The Kier molecular flexibility index (Phi) is 4.26. The number of carbonyl (C=O) groups excluding carboxylic acids is 1. The summed E-state index contributed by atoms with van der Waals surface area (Å²) in [6, 6.07) is 1.22. The van der Waals surface area contributed by atoms with Crippen molar-refractivity contribution in [1.82, 2.24) is 5.32 Å². The first kappa shape index (κ1) is 12.2. The molecule has 0 radical (unpaired) electrons. The van der Waals surface area contributed by atoms with Crippen LogP contribution < -0.4 is 5.32 Å². The normalized spacial score (nSPS) is 10.7. The van der Waals surface area contributed by atoms with Gasteiger partial charge in [0.2, 0.25) is 0 Å². The van der Waals surface area contributed by atoms with Crippen molar-refractivity contribution in [3.8, 4) is 0 Å². The van der Waals surface area contributed by atoms with Gasteiger partial charge in [0.05, 0.1) is 24.8 Å². The lowest BCUT2D eigenvalue weighted by Crippen LogP contribution is -2.40. The number of aliphatic hydroxyl groups excluding tert-OH is 2. The summed E-state index contributed by atoms with van der Waals surface area (Å²) in [5, 5.41) is 20.2. The molecule has 4 nitrogen and oxygen atoms in total. The monoisotopic (exact) mass is 229 g/mol. The fourth-order valence-electron chi connectivity index (χ4n) is 1.27. The Bertz CT molecular complexity index is 344. The van der Waals surface area contributed by atoms with Crippen molar-refractivity contribution in [3.05, 3.63) is 21.4 Å². The van der Waals surface area contributed by atoms with Crippen LogP contribution in [0.2, 0.25) is 0 Å². The van der Waals surface area contributed by atoms with E-state index < -0.39 is 6.04 Å². The zero-order valence-electron chi connectivity index (χ0n) is 8.78. The molecule has 1 aromatic rings. The number of thiophene rings is 1. The van der Waals surface area contributed by atoms with Crippen molar-refractivity contribution in [2.24, 2.45) is 0 Å². The molecule has 1 amide bonds. The molecule has 1 aromatic heterocycles. The zero-order chi connectivity index (χ0) is 11.4. The van der Waals surface area contributed by atoms with Crippen LogP contribution in [0.5, 0.6) is 0 Å². The average Bonchev–Trinajstić information content (AvgIpc) is 2.54. The lowest BCUT2D eigenvalue weighted by Gasteiger charge is -2.12. The molecule has 1 rings (SSSR count). The molecule has 0 unspecified atom stereocenters. The Morgan fingerprint density at radius 2 is 2.07 bits per heavy atom. The molecular weight excluding hydrogens is 214 g/mol. The standard InChI is InChI=1S/C10H15NO3S/c1-6-3-9(7(2)15-6)10(14)11-8(4-12)5-13/h3,8,12-13H,4-5H2,1-2H3,(H,11,14). The smallest absolute Gasteiger partial charge is 0.252 e. The number of hydrogen-bond acceptors (Lipinski definition) is 4. The SMILES string of the molecule is Cc1cc(C(=O)NC(CO)CO)c(C)s1. The molecular formula is C10H15NO3S. The lowest BCUT2D eigenvalue weighted by atomic mass is 10.2. The summed E-state index contributed by atoms with van der Waals surface area (Å²) in [7, 11) is 0. The summed E-state index contributed by atoms with van der Waals surface area (Å²) >= 11 is 1.55. The van der Waals surface area contributed by atoms with Gasteiger partial charge in [0.1, 0.15) is 0 Å². The molecule has 1 heterocycles. The van der Waals surface area contributed by atoms with Crippen LogP contribution in [0.15, 0.2) is 6.07 Å². The van der Waals surface area contributed by atoms with Gasteiger partial charge in [0.25, 0.3) is 5.91 Å². The van der Waals surface area contributed by atoms with E-state index in [1.807, 2.05) is 13.8 Å². The van der Waals surface area contributed by atoms with Gasteiger partial charge in [-0.3, -0.25) is 4.79 Å². The van der Waals surface area contributed by atoms with Gasteiger partial charge in [-0.25, -0.2) is 0 Å². The highest BCUT2D eigenvalue weighted by molar-refractivity contribution is 7.12. The summed E-state index contributed by atoms with van der Waals surface area (Å²) in [5.74, 6) is -0.245. The molecule has 0 saturated heterocycles. The predicted octanol–water partition coefficient (Wildman–Crippen LogP) is 0.448. The minimum Gasteiger partial charge on any atom is -0.394 e. The second kappa shape index (κ2) is 5.25. The van der Waals surface area contributed by atoms with Crippen LogP contribution in [0.4, 0.5) is 0 Å². The molecule has 0 bridgehead atoms. The second-order valence-corrected chi connectivity index (χ2v) is 4.82. The first-order chi connectivity index (χ1) is 7.08. The van der Waals surface area contributed by atoms with Crippen LogP contribution in [0.1, 0.15) is 20.1 Å². The van der Waals surface area contributed by atoms with Gasteiger partial charge >= 0.3 is 0 Å².